The van der Waals surface area contributed by atoms with Crippen molar-refractivity contribution in [3.05, 3.63) is 169 Å². The summed E-state index contributed by atoms with van der Waals surface area (Å²) in [6.07, 6.45) is 0. The molecule has 2 heterocycles. The molecule has 4 heteroatoms. The van der Waals surface area contributed by atoms with Gasteiger partial charge in [0.05, 0.1) is 23.0 Å². The van der Waals surface area contributed by atoms with E-state index < -0.39 is 0 Å². The van der Waals surface area contributed by atoms with Crippen LogP contribution in [0.3, 0.4) is 0 Å². The van der Waals surface area contributed by atoms with E-state index in [1.807, 2.05) is 72.0 Å². The first-order chi connectivity index (χ1) is 24.2. The Morgan fingerprint density at radius 2 is 1.10 bits per heavy atom. The standard InChI is InChI=1S/C45H27N3S/c46-28-32-14-5-7-17-38(32)42-27-41(47-45(48-42)30-12-2-1-3-13-30)35-24-33(23-34(25-35)37-19-10-15-29-11-4-6-16-36(29)37)31-21-22-44-40(26-31)39-18-8-9-20-43(39)49-44/h1-27H. The molecular weight excluding hydrogens is 615 g/mol. The molecule has 2 aromatic heterocycles. The fraction of sp³-hybridized carbons (Fsp3) is 0. The molecular formula is C45H27N3S. The number of hydrogen-bond acceptors (Lipinski definition) is 4. The molecule has 0 fully saturated rings. The van der Waals surface area contributed by atoms with Crippen molar-refractivity contribution in [1.29, 1.82) is 5.26 Å². The van der Waals surface area contributed by atoms with Crippen LogP contribution < -0.4 is 0 Å². The Labute approximate surface area is 288 Å². The Bertz CT molecular complexity index is 2730. The molecule has 0 amide bonds. The molecule has 49 heavy (non-hydrogen) atoms. The molecule has 9 aromatic rings. The van der Waals surface area contributed by atoms with Gasteiger partial charge in [0.2, 0.25) is 0 Å². The molecule has 3 nitrogen and oxygen atoms in total. The van der Waals surface area contributed by atoms with Crippen LogP contribution in [0.5, 0.6) is 0 Å². The predicted octanol–water partition coefficient (Wildman–Crippen LogP) is 12.2. The summed E-state index contributed by atoms with van der Waals surface area (Å²) < 4.78 is 2.57. The summed E-state index contributed by atoms with van der Waals surface area (Å²) in [5.74, 6) is 0.615. The smallest absolute Gasteiger partial charge is 0.160 e. The number of nitriles is 1. The molecule has 0 bridgehead atoms. The van der Waals surface area contributed by atoms with Crippen LogP contribution in [0, 0.1) is 11.3 Å². The average Bonchev–Trinajstić information content (AvgIpc) is 3.55. The van der Waals surface area contributed by atoms with Gasteiger partial charge in [0.15, 0.2) is 5.82 Å². The highest BCUT2D eigenvalue weighted by Gasteiger charge is 2.16. The van der Waals surface area contributed by atoms with E-state index in [-0.39, 0.29) is 0 Å². The SMILES string of the molecule is N#Cc1ccccc1-c1cc(-c2cc(-c3ccc4sc5ccccc5c4c3)cc(-c3cccc4ccccc34)c2)nc(-c2ccccc2)n1. The van der Waals surface area contributed by atoms with Gasteiger partial charge in [-0.15, -0.1) is 11.3 Å². The lowest BCUT2D eigenvalue weighted by Crippen LogP contribution is -1.97. The fourth-order valence-electron chi connectivity index (χ4n) is 6.73. The zero-order chi connectivity index (χ0) is 32.7. The second-order valence-electron chi connectivity index (χ2n) is 12.1. The third-order valence-electron chi connectivity index (χ3n) is 9.12. The maximum atomic E-state index is 10.00. The number of rotatable bonds is 5. The normalized spacial score (nSPS) is 11.2. The van der Waals surface area contributed by atoms with E-state index in [0.717, 1.165) is 44.6 Å². The second kappa shape index (κ2) is 12.0. The van der Waals surface area contributed by atoms with Gasteiger partial charge in [-0.2, -0.15) is 5.26 Å². The molecule has 0 N–H and O–H groups in total. The van der Waals surface area contributed by atoms with Crippen molar-refractivity contribution < 1.29 is 0 Å². The van der Waals surface area contributed by atoms with Crippen molar-refractivity contribution in [1.82, 2.24) is 9.97 Å². The van der Waals surface area contributed by atoms with E-state index in [4.69, 9.17) is 9.97 Å². The third-order valence-corrected chi connectivity index (χ3v) is 10.3. The van der Waals surface area contributed by atoms with Crippen molar-refractivity contribution >= 4 is 42.3 Å². The lowest BCUT2D eigenvalue weighted by molar-refractivity contribution is 1.18. The minimum Gasteiger partial charge on any atom is -0.228 e. The Morgan fingerprint density at radius 1 is 0.429 bits per heavy atom. The predicted molar refractivity (Wildman–Crippen MR) is 204 cm³/mol. The van der Waals surface area contributed by atoms with E-state index in [9.17, 15) is 5.26 Å². The first-order valence-corrected chi connectivity index (χ1v) is 17.0. The van der Waals surface area contributed by atoms with Crippen LogP contribution in [0.25, 0.3) is 87.1 Å². The van der Waals surface area contributed by atoms with Crippen molar-refractivity contribution in [2.45, 2.75) is 0 Å². The lowest BCUT2D eigenvalue weighted by atomic mass is 9.91. The van der Waals surface area contributed by atoms with Gasteiger partial charge in [-0.05, 0) is 81.6 Å². The van der Waals surface area contributed by atoms with Crippen molar-refractivity contribution in [3.8, 4) is 62.2 Å². The van der Waals surface area contributed by atoms with Crippen molar-refractivity contribution in [2.24, 2.45) is 0 Å². The van der Waals surface area contributed by atoms with E-state index in [1.54, 1.807) is 0 Å². The van der Waals surface area contributed by atoms with Crippen LogP contribution in [-0.4, -0.2) is 9.97 Å². The van der Waals surface area contributed by atoms with Crippen molar-refractivity contribution in [3.63, 3.8) is 0 Å². The largest absolute Gasteiger partial charge is 0.228 e. The minimum absolute atomic E-state index is 0.577. The van der Waals surface area contributed by atoms with Gasteiger partial charge in [0.1, 0.15) is 0 Å². The summed E-state index contributed by atoms with van der Waals surface area (Å²) in [6.45, 7) is 0. The van der Waals surface area contributed by atoms with Gasteiger partial charge in [0, 0.05) is 36.9 Å². The maximum absolute atomic E-state index is 10.00. The van der Waals surface area contributed by atoms with Crippen LogP contribution in [-0.2, 0) is 0 Å². The van der Waals surface area contributed by atoms with Crippen LogP contribution >= 0.6 is 11.3 Å². The summed E-state index contributed by atoms with van der Waals surface area (Å²) in [6, 6.07) is 59.3. The lowest BCUT2D eigenvalue weighted by Gasteiger charge is -2.14. The monoisotopic (exact) mass is 641 g/mol. The molecule has 0 unspecified atom stereocenters. The third kappa shape index (κ3) is 5.23. The van der Waals surface area contributed by atoms with Crippen LogP contribution in [0.2, 0.25) is 0 Å². The van der Waals surface area contributed by atoms with Crippen molar-refractivity contribution in [2.75, 3.05) is 0 Å². The minimum atomic E-state index is 0.577. The number of thiophene rings is 1. The molecule has 0 atom stereocenters. The summed E-state index contributed by atoms with van der Waals surface area (Å²) in [5.41, 5.74) is 9.29. The van der Waals surface area contributed by atoms with E-state index in [1.165, 1.54) is 30.9 Å². The molecule has 0 saturated heterocycles. The number of hydrogen-bond donors (Lipinski definition) is 0. The first-order valence-electron chi connectivity index (χ1n) is 16.2. The molecule has 228 valence electrons. The topological polar surface area (TPSA) is 49.6 Å². The van der Waals surface area contributed by atoms with Gasteiger partial charge >= 0.3 is 0 Å². The fourth-order valence-corrected chi connectivity index (χ4v) is 7.82. The first kappa shape index (κ1) is 28.8. The molecule has 0 saturated carbocycles. The van der Waals surface area contributed by atoms with E-state index in [0.29, 0.717) is 17.1 Å². The number of nitrogens with zero attached hydrogens (tertiary/aromatic N) is 3. The Kier molecular flexibility index (Phi) is 7.04. The van der Waals surface area contributed by atoms with E-state index in [2.05, 4.69) is 109 Å². The maximum Gasteiger partial charge on any atom is 0.160 e. The van der Waals surface area contributed by atoms with Gasteiger partial charge < -0.3 is 0 Å². The summed E-state index contributed by atoms with van der Waals surface area (Å²) in [5, 5.41) is 14.9. The van der Waals surface area contributed by atoms with Gasteiger partial charge in [-0.1, -0.05) is 115 Å². The quantitative estimate of drug-likeness (QED) is 0.188. The van der Waals surface area contributed by atoms with Gasteiger partial charge in [0.25, 0.3) is 0 Å². The summed E-state index contributed by atoms with van der Waals surface area (Å²) in [7, 11) is 0. The highest BCUT2D eigenvalue weighted by atomic mass is 32.1. The summed E-state index contributed by atoms with van der Waals surface area (Å²) >= 11 is 1.83. The highest BCUT2D eigenvalue weighted by molar-refractivity contribution is 7.25. The Balaban J connectivity index is 1.31. The molecule has 0 aliphatic carbocycles. The average molecular weight is 642 g/mol. The number of fused-ring (bicyclic) bond motifs is 4. The van der Waals surface area contributed by atoms with Crippen LogP contribution in [0.1, 0.15) is 5.56 Å². The Hall–Kier alpha value is -6.41. The van der Waals surface area contributed by atoms with Crippen LogP contribution in [0.4, 0.5) is 0 Å². The molecule has 0 radical (unpaired) electrons. The molecule has 7 aromatic carbocycles. The zero-order valence-electron chi connectivity index (χ0n) is 26.3. The van der Waals surface area contributed by atoms with Crippen LogP contribution in [0.15, 0.2) is 164 Å². The molecule has 0 spiro atoms. The number of aromatic nitrogens is 2. The highest BCUT2D eigenvalue weighted by Crippen LogP contribution is 2.40. The second-order valence-corrected chi connectivity index (χ2v) is 13.2. The molecule has 0 aliphatic heterocycles. The molecule has 0 aliphatic rings. The van der Waals surface area contributed by atoms with E-state index >= 15 is 0 Å². The van der Waals surface area contributed by atoms with Gasteiger partial charge in [-0.3, -0.25) is 0 Å². The molecule has 9 rings (SSSR count). The summed E-state index contributed by atoms with van der Waals surface area (Å²) in [4.78, 5) is 10.2. The van der Waals surface area contributed by atoms with Gasteiger partial charge in [-0.25, -0.2) is 9.97 Å². The number of benzene rings is 7. The zero-order valence-corrected chi connectivity index (χ0v) is 27.2. The Morgan fingerprint density at radius 3 is 2.00 bits per heavy atom.